The van der Waals surface area contributed by atoms with Crippen LogP contribution in [0.5, 0.6) is 0 Å². The van der Waals surface area contributed by atoms with Crippen molar-refractivity contribution >= 4 is 46.2 Å². The summed E-state index contributed by atoms with van der Waals surface area (Å²) in [6.07, 6.45) is 5.40. The van der Waals surface area contributed by atoms with Crippen LogP contribution in [-0.4, -0.2) is 50.9 Å². The molecule has 152 valence electrons. The molecule has 1 N–H and O–H groups in total. The van der Waals surface area contributed by atoms with Gasteiger partial charge in [-0.05, 0) is 42.0 Å². The standard InChI is InChI=1S/C20H21Cl2N5OS/c21-16-4-3-15(19(22)10-16)12-27-13-17(11-23-27)24-20(29)26-7-5-25(6-8-26)14-18-2-1-9-28-18/h1-4,9-11,13H,5-8,12,14H2,(H,24,29). The molecule has 0 amide bonds. The van der Waals surface area contributed by atoms with Gasteiger partial charge >= 0.3 is 0 Å². The van der Waals surface area contributed by atoms with Gasteiger partial charge in [0.2, 0.25) is 0 Å². The van der Waals surface area contributed by atoms with E-state index in [4.69, 9.17) is 39.8 Å². The fourth-order valence-electron chi connectivity index (χ4n) is 3.27. The Hall–Kier alpha value is -2.06. The van der Waals surface area contributed by atoms with Gasteiger partial charge in [0.05, 0.1) is 31.2 Å². The third kappa shape index (κ3) is 5.30. The molecule has 1 fully saturated rings. The van der Waals surface area contributed by atoms with Crippen molar-refractivity contribution in [2.75, 3.05) is 31.5 Å². The molecule has 0 atom stereocenters. The molecule has 1 aliphatic heterocycles. The summed E-state index contributed by atoms with van der Waals surface area (Å²) < 4.78 is 7.25. The minimum Gasteiger partial charge on any atom is -0.468 e. The highest BCUT2D eigenvalue weighted by Gasteiger charge is 2.20. The number of furan rings is 1. The quantitative estimate of drug-likeness (QED) is 0.584. The average Bonchev–Trinajstić information content (AvgIpc) is 3.37. The van der Waals surface area contributed by atoms with Crippen molar-refractivity contribution < 1.29 is 4.42 Å². The van der Waals surface area contributed by atoms with Gasteiger partial charge in [0.15, 0.2) is 5.11 Å². The van der Waals surface area contributed by atoms with E-state index in [0.29, 0.717) is 21.7 Å². The van der Waals surface area contributed by atoms with Crippen molar-refractivity contribution in [2.45, 2.75) is 13.1 Å². The molecule has 3 aromatic rings. The Morgan fingerprint density at radius 3 is 2.69 bits per heavy atom. The topological polar surface area (TPSA) is 49.5 Å². The molecule has 2 aromatic heterocycles. The Bertz CT molecular complexity index is 967. The van der Waals surface area contributed by atoms with Crippen LogP contribution >= 0.6 is 35.4 Å². The first-order valence-corrected chi connectivity index (χ1v) is 10.5. The second kappa shape index (κ2) is 9.17. The van der Waals surface area contributed by atoms with E-state index < -0.39 is 0 Å². The van der Waals surface area contributed by atoms with E-state index in [1.54, 1.807) is 18.5 Å². The Morgan fingerprint density at radius 1 is 1.14 bits per heavy atom. The zero-order valence-corrected chi connectivity index (χ0v) is 18.1. The fraction of sp³-hybridized carbons (Fsp3) is 0.300. The zero-order valence-electron chi connectivity index (χ0n) is 15.7. The third-order valence-corrected chi connectivity index (χ3v) is 5.80. The fourth-order valence-corrected chi connectivity index (χ4v) is 4.04. The normalized spacial score (nSPS) is 14.9. The number of nitrogens with zero attached hydrogens (tertiary/aromatic N) is 4. The molecule has 0 saturated carbocycles. The third-order valence-electron chi connectivity index (χ3n) is 4.85. The van der Waals surface area contributed by atoms with Crippen LogP contribution in [0.2, 0.25) is 10.0 Å². The summed E-state index contributed by atoms with van der Waals surface area (Å²) in [7, 11) is 0. The molecule has 6 nitrogen and oxygen atoms in total. The largest absolute Gasteiger partial charge is 0.468 e. The average molecular weight is 450 g/mol. The molecule has 1 aliphatic rings. The monoisotopic (exact) mass is 449 g/mol. The molecule has 4 rings (SSSR count). The van der Waals surface area contributed by atoms with Crippen molar-refractivity contribution in [1.29, 1.82) is 0 Å². The van der Waals surface area contributed by atoms with Crippen molar-refractivity contribution in [3.8, 4) is 0 Å². The lowest BCUT2D eigenvalue weighted by Crippen LogP contribution is -2.49. The molecule has 1 aromatic carbocycles. The number of anilines is 1. The first kappa shape index (κ1) is 20.2. The van der Waals surface area contributed by atoms with Gasteiger partial charge in [-0.3, -0.25) is 9.58 Å². The van der Waals surface area contributed by atoms with Crippen LogP contribution in [0.15, 0.2) is 53.4 Å². The molecule has 0 radical (unpaired) electrons. The molecule has 29 heavy (non-hydrogen) atoms. The number of hydrogen-bond donors (Lipinski definition) is 1. The minimum absolute atomic E-state index is 0.565. The number of rotatable bonds is 5. The lowest BCUT2D eigenvalue weighted by atomic mass is 10.2. The van der Waals surface area contributed by atoms with Gasteiger partial charge in [-0.15, -0.1) is 0 Å². The maximum absolute atomic E-state index is 6.25. The molecule has 0 spiro atoms. The molecular weight excluding hydrogens is 429 g/mol. The van der Waals surface area contributed by atoms with Gasteiger partial charge in [0.25, 0.3) is 0 Å². The van der Waals surface area contributed by atoms with Crippen molar-refractivity contribution in [2.24, 2.45) is 0 Å². The smallest absolute Gasteiger partial charge is 0.173 e. The molecule has 0 bridgehead atoms. The Labute approximate surface area is 185 Å². The van der Waals surface area contributed by atoms with Crippen LogP contribution in [0.4, 0.5) is 5.69 Å². The lowest BCUT2D eigenvalue weighted by molar-refractivity contribution is 0.166. The van der Waals surface area contributed by atoms with Gasteiger partial charge in [-0.2, -0.15) is 5.10 Å². The SMILES string of the molecule is S=C(Nc1cnn(Cc2ccc(Cl)cc2Cl)c1)N1CCN(Cc2ccco2)CC1. The summed E-state index contributed by atoms with van der Waals surface area (Å²) in [6, 6.07) is 9.40. The van der Waals surface area contributed by atoms with Crippen LogP contribution in [0.3, 0.4) is 0 Å². The molecule has 3 heterocycles. The highest BCUT2D eigenvalue weighted by molar-refractivity contribution is 7.80. The van der Waals surface area contributed by atoms with Gasteiger partial charge < -0.3 is 14.6 Å². The predicted octanol–water partition coefficient (Wildman–Crippen LogP) is 4.35. The number of nitrogens with one attached hydrogen (secondary N) is 1. The summed E-state index contributed by atoms with van der Waals surface area (Å²) in [4.78, 5) is 4.55. The van der Waals surface area contributed by atoms with Crippen LogP contribution in [0.1, 0.15) is 11.3 Å². The summed E-state index contributed by atoms with van der Waals surface area (Å²) in [5.41, 5.74) is 1.82. The molecule has 0 unspecified atom stereocenters. The summed E-state index contributed by atoms with van der Waals surface area (Å²) in [5.74, 6) is 0.993. The highest BCUT2D eigenvalue weighted by Crippen LogP contribution is 2.22. The van der Waals surface area contributed by atoms with Crippen molar-refractivity contribution in [3.63, 3.8) is 0 Å². The Balaban J connectivity index is 1.28. The number of piperazine rings is 1. The number of hydrogen-bond acceptors (Lipinski definition) is 4. The van der Waals surface area contributed by atoms with Gasteiger partial charge in [-0.1, -0.05) is 29.3 Å². The number of benzene rings is 1. The van der Waals surface area contributed by atoms with Crippen molar-refractivity contribution in [1.82, 2.24) is 19.6 Å². The molecule has 0 aliphatic carbocycles. The minimum atomic E-state index is 0.565. The first-order chi connectivity index (χ1) is 14.1. The predicted molar refractivity (Wildman–Crippen MR) is 120 cm³/mol. The maximum atomic E-state index is 6.25. The second-order valence-corrected chi connectivity index (χ2v) is 8.17. The van der Waals surface area contributed by atoms with Crippen molar-refractivity contribution in [3.05, 3.63) is 70.4 Å². The van der Waals surface area contributed by atoms with Gasteiger partial charge in [-0.25, -0.2) is 0 Å². The van der Waals surface area contributed by atoms with E-state index in [2.05, 4.69) is 20.2 Å². The number of aromatic nitrogens is 2. The van der Waals surface area contributed by atoms with E-state index >= 15 is 0 Å². The Morgan fingerprint density at radius 2 is 1.97 bits per heavy atom. The summed E-state index contributed by atoms with van der Waals surface area (Å²) in [5, 5.41) is 9.64. The van der Waals surface area contributed by atoms with E-state index in [9.17, 15) is 0 Å². The zero-order chi connectivity index (χ0) is 20.2. The maximum Gasteiger partial charge on any atom is 0.173 e. The van der Waals surface area contributed by atoms with E-state index in [-0.39, 0.29) is 0 Å². The number of thiocarbonyl (C=S) groups is 1. The highest BCUT2D eigenvalue weighted by atomic mass is 35.5. The van der Waals surface area contributed by atoms with Gasteiger partial charge in [0, 0.05) is 42.4 Å². The Kier molecular flexibility index (Phi) is 6.40. The van der Waals surface area contributed by atoms with E-state index in [1.165, 1.54) is 0 Å². The van der Waals surface area contributed by atoms with Gasteiger partial charge in [0.1, 0.15) is 5.76 Å². The van der Waals surface area contributed by atoms with Crippen LogP contribution < -0.4 is 5.32 Å². The molecule has 9 heteroatoms. The number of halogens is 2. The van der Waals surface area contributed by atoms with Crippen LogP contribution in [0.25, 0.3) is 0 Å². The van der Waals surface area contributed by atoms with E-state index in [0.717, 1.165) is 49.7 Å². The summed E-state index contributed by atoms with van der Waals surface area (Å²) in [6.45, 7) is 5.03. The molecular formula is C20H21Cl2N5OS. The molecule has 1 saturated heterocycles. The van der Waals surface area contributed by atoms with Crippen LogP contribution in [0, 0.1) is 0 Å². The summed E-state index contributed by atoms with van der Waals surface area (Å²) >= 11 is 17.8. The van der Waals surface area contributed by atoms with Crippen LogP contribution in [-0.2, 0) is 13.1 Å². The first-order valence-electron chi connectivity index (χ1n) is 9.34. The van der Waals surface area contributed by atoms with E-state index in [1.807, 2.05) is 35.1 Å². The second-order valence-electron chi connectivity index (χ2n) is 6.94. The lowest BCUT2D eigenvalue weighted by Gasteiger charge is -2.35.